The fourth-order valence-corrected chi connectivity index (χ4v) is 1.97. The Hall–Kier alpha value is -2.01. The molecule has 1 amide bonds. The Morgan fingerprint density at radius 3 is 2.79 bits per heavy atom. The van der Waals surface area contributed by atoms with Crippen molar-refractivity contribution in [2.75, 3.05) is 6.54 Å². The van der Waals surface area contributed by atoms with Crippen molar-refractivity contribution in [1.29, 1.82) is 0 Å². The number of hydrogen-bond donors (Lipinski definition) is 2. The van der Waals surface area contributed by atoms with Gasteiger partial charge in [0.1, 0.15) is 5.52 Å². The Kier molecular flexibility index (Phi) is 3.76. The van der Waals surface area contributed by atoms with Crippen LogP contribution in [-0.2, 0) is 0 Å². The van der Waals surface area contributed by atoms with Crippen LogP contribution in [0.15, 0.2) is 30.6 Å². The second kappa shape index (κ2) is 5.32. The number of carbonyl (C=O) groups excluding carboxylic acids is 1. The number of nitrogens with two attached hydrogens (primary N) is 1. The standard InChI is InChI=1S/C14H18N4O/c1-14(2,6-7-15)18-13(19)10-4-3-5-11-12(10)17-9-8-16-11/h3-5,8-9H,6-7,15H2,1-2H3,(H,18,19). The molecule has 0 saturated heterocycles. The van der Waals surface area contributed by atoms with Gasteiger partial charge in [-0.05, 0) is 38.9 Å². The first kappa shape index (κ1) is 13.4. The minimum Gasteiger partial charge on any atom is -0.347 e. The lowest BCUT2D eigenvalue weighted by molar-refractivity contribution is 0.0912. The molecule has 0 unspecified atom stereocenters. The summed E-state index contributed by atoms with van der Waals surface area (Å²) >= 11 is 0. The van der Waals surface area contributed by atoms with E-state index in [-0.39, 0.29) is 11.4 Å². The zero-order chi connectivity index (χ0) is 13.9. The molecule has 1 aromatic carbocycles. The van der Waals surface area contributed by atoms with Gasteiger partial charge in [0, 0.05) is 17.9 Å². The first-order valence-corrected chi connectivity index (χ1v) is 6.26. The number of amides is 1. The molecular formula is C14H18N4O. The number of rotatable bonds is 4. The molecule has 0 aliphatic carbocycles. The van der Waals surface area contributed by atoms with Gasteiger partial charge in [-0.1, -0.05) is 6.07 Å². The Bertz CT molecular complexity index is 590. The molecule has 3 N–H and O–H groups in total. The summed E-state index contributed by atoms with van der Waals surface area (Å²) in [5.74, 6) is -0.149. The van der Waals surface area contributed by atoms with E-state index in [1.165, 1.54) is 0 Å². The van der Waals surface area contributed by atoms with Gasteiger partial charge in [0.2, 0.25) is 0 Å². The molecule has 0 fully saturated rings. The van der Waals surface area contributed by atoms with Crippen LogP contribution in [0.1, 0.15) is 30.6 Å². The van der Waals surface area contributed by atoms with Crippen molar-refractivity contribution in [2.24, 2.45) is 5.73 Å². The van der Waals surface area contributed by atoms with Gasteiger partial charge in [-0.2, -0.15) is 0 Å². The number of fused-ring (bicyclic) bond motifs is 1. The van der Waals surface area contributed by atoms with E-state index in [9.17, 15) is 4.79 Å². The van der Waals surface area contributed by atoms with E-state index >= 15 is 0 Å². The average Bonchev–Trinajstić information content (AvgIpc) is 2.37. The summed E-state index contributed by atoms with van der Waals surface area (Å²) in [6, 6.07) is 5.40. The zero-order valence-corrected chi connectivity index (χ0v) is 11.2. The summed E-state index contributed by atoms with van der Waals surface area (Å²) in [6.45, 7) is 4.44. The lowest BCUT2D eigenvalue weighted by Gasteiger charge is -2.25. The normalized spacial score (nSPS) is 11.5. The van der Waals surface area contributed by atoms with Crippen molar-refractivity contribution < 1.29 is 4.79 Å². The summed E-state index contributed by atoms with van der Waals surface area (Å²) in [5, 5.41) is 2.98. The SMILES string of the molecule is CC(C)(CCN)NC(=O)c1cccc2nccnc12. The Labute approximate surface area is 112 Å². The van der Waals surface area contributed by atoms with Gasteiger partial charge in [0.15, 0.2) is 0 Å². The van der Waals surface area contributed by atoms with Crippen LogP contribution in [0.25, 0.3) is 11.0 Å². The van der Waals surface area contributed by atoms with Crippen LogP contribution in [-0.4, -0.2) is 28.0 Å². The van der Waals surface area contributed by atoms with E-state index in [0.29, 0.717) is 23.1 Å². The van der Waals surface area contributed by atoms with Crippen LogP contribution in [0.5, 0.6) is 0 Å². The second-order valence-corrected chi connectivity index (χ2v) is 5.11. The van der Waals surface area contributed by atoms with E-state index in [0.717, 1.165) is 6.42 Å². The fourth-order valence-electron chi connectivity index (χ4n) is 1.97. The Morgan fingerprint density at radius 2 is 2.05 bits per heavy atom. The number of nitrogens with zero attached hydrogens (tertiary/aromatic N) is 2. The van der Waals surface area contributed by atoms with E-state index in [1.807, 2.05) is 26.0 Å². The van der Waals surface area contributed by atoms with Crippen molar-refractivity contribution in [3.63, 3.8) is 0 Å². The van der Waals surface area contributed by atoms with Crippen LogP contribution >= 0.6 is 0 Å². The summed E-state index contributed by atoms with van der Waals surface area (Å²) in [5.41, 5.74) is 7.08. The maximum Gasteiger partial charge on any atom is 0.253 e. The molecule has 1 aromatic heterocycles. The number of nitrogens with one attached hydrogen (secondary N) is 1. The molecule has 1 heterocycles. The second-order valence-electron chi connectivity index (χ2n) is 5.11. The van der Waals surface area contributed by atoms with Crippen LogP contribution < -0.4 is 11.1 Å². The molecule has 5 heteroatoms. The highest BCUT2D eigenvalue weighted by Crippen LogP contribution is 2.15. The van der Waals surface area contributed by atoms with Gasteiger partial charge in [0.05, 0.1) is 11.1 Å². The van der Waals surface area contributed by atoms with Gasteiger partial charge < -0.3 is 11.1 Å². The first-order chi connectivity index (χ1) is 9.03. The molecule has 0 bridgehead atoms. The van der Waals surface area contributed by atoms with Crippen LogP contribution in [0, 0.1) is 0 Å². The highest BCUT2D eigenvalue weighted by Gasteiger charge is 2.21. The molecule has 0 spiro atoms. The third kappa shape index (κ3) is 3.06. The lowest BCUT2D eigenvalue weighted by Crippen LogP contribution is -2.44. The molecule has 2 aromatic rings. The maximum absolute atomic E-state index is 12.3. The van der Waals surface area contributed by atoms with Gasteiger partial charge in [-0.3, -0.25) is 14.8 Å². The third-order valence-electron chi connectivity index (χ3n) is 2.96. The van der Waals surface area contributed by atoms with Crippen molar-refractivity contribution >= 4 is 16.9 Å². The number of benzene rings is 1. The molecule has 5 nitrogen and oxygen atoms in total. The van der Waals surface area contributed by atoms with Crippen molar-refractivity contribution in [3.8, 4) is 0 Å². The minimum absolute atomic E-state index is 0.149. The van der Waals surface area contributed by atoms with E-state index in [1.54, 1.807) is 18.5 Å². The molecule has 0 saturated carbocycles. The summed E-state index contributed by atoms with van der Waals surface area (Å²) in [4.78, 5) is 20.8. The van der Waals surface area contributed by atoms with E-state index in [4.69, 9.17) is 5.73 Å². The molecule has 19 heavy (non-hydrogen) atoms. The quantitative estimate of drug-likeness (QED) is 0.870. The van der Waals surface area contributed by atoms with Gasteiger partial charge >= 0.3 is 0 Å². The van der Waals surface area contributed by atoms with Crippen LogP contribution in [0.2, 0.25) is 0 Å². The third-order valence-corrected chi connectivity index (χ3v) is 2.96. The Morgan fingerprint density at radius 1 is 1.32 bits per heavy atom. The summed E-state index contributed by atoms with van der Waals surface area (Å²) in [7, 11) is 0. The molecule has 100 valence electrons. The molecule has 0 radical (unpaired) electrons. The maximum atomic E-state index is 12.3. The molecular weight excluding hydrogens is 240 g/mol. The smallest absolute Gasteiger partial charge is 0.253 e. The van der Waals surface area contributed by atoms with Crippen molar-refractivity contribution in [2.45, 2.75) is 25.8 Å². The van der Waals surface area contributed by atoms with Crippen LogP contribution in [0.4, 0.5) is 0 Å². The molecule has 0 aliphatic heterocycles. The summed E-state index contributed by atoms with van der Waals surface area (Å²) in [6.07, 6.45) is 3.92. The topological polar surface area (TPSA) is 80.9 Å². The molecule has 2 rings (SSSR count). The minimum atomic E-state index is -0.337. The predicted molar refractivity (Wildman–Crippen MR) is 74.8 cm³/mol. The molecule has 0 aliphatic rings. The lowest BCUT2D eigenvalue weighted by atomic mass is 10.00. The van der Waals surface area contributed by atoms with Gasteiger partial charge in [-0.15, -0.1) is 0 Å². The first-order valence-electron chi connectivity index (χ1n) is 6.26. The number of aromatic nitrogens is 2. The average molecular weight is 258 g/mol. The predicted octanol–water partition coefficient (Wildman–Crippen LogP) is 1.49. The summed E-state index contributed by atoms with van der Waals surface area (Å²) < 4.78 is 0. The highest BCUT2D eigenvalue weighted by molar-refractivity contribution is 6.04. The fraction of sp³-hybridized carbons (Fsp3) is 0.357. The zero-order valence-electron chi connectivity index (χ0n) is 11.2. The monoisotopic (exact) mass is 258 g/mol. The van der Waals surface area contributed by atoms with Crippen molar-refractivity contribution in [1.82, 2.24) is 15.3 Å². The van der Waals surface area contributed by atoms with E-state index in [2.05, 4.69) is 15.3 Å². The van der Waals surface area contributed by atoms with Gasteiger partial charge in [0.25, 0.3) is 5.91 Å². The van der Waals surface area contributed by atoms with Gasteiger partial charge in [-0.25, -0.2) is 0 Å². The Balaban J connectivity index is 2.32. The molecule has 0 atom stereocenters. The van der Waals surface area contributed by atoms with Crippen molar-refractivity contribution in [3.05, 3.63) is 36.2 Å². The number of hydrogen-bond acceptors (Lipinski definition) is 4. The van der Waals surface area contributed by atoms with E-state index < -0.39 is 0 Å². The highest BCUT2D eigenvalue weighted by atomic mass is 16.1. The number of carbonyl (C=O) groups is 1. The van der Waals surface area contributed by atoms with Crippen LogP contribution in [0.3, 0.4) is 0 Å². The largest absolute Gasteiger partial charge is 0.347 e. The number of para-hydroxylation sites is 1.